The summed E-state index contributed by atoms with van der Waals surface area (Å²) in [6, 6.07) is 0. The molecule has 0 aromatic carbocycles. The summed E-state index contributed by atoms with van der Waals surface area (Å²) in [5.41, 5.74) is 0. The van der Waals surface area contributed by atoms with Crippen LogP contribution in [0.5, 0.6) is 0 Å². The molecule has 0 aliphatic heterocycles. The molecule has 0 N–H and O–H groups in total. The number of nitrogens with zero attached hydrogens (tertiary/aromatic N) is 2. The summed E-state index contributed by atoms with van der Waals surface area (Å²) in [5.74, 6) is 2.25. The molecule has 0 bridgehead atoms. The second-order valence-electron chi connectivity index (χ2n) is 4.60. The molecule has 16 heavy (non-hydrogen) atoms. The van der Waals surface area contributed by atoms with E-state index in [-0.39, 0.29) is 5.82 Å². The van der Waals surface area contributed by atoms with Crippen LogP contribution in [0.25, 0.3) is 0 Å². The maximum atomic E-state index is 11.3. The van der Waals surface area contributed by atoms with Gasteiger partial charge in [0.15, 0.2) is 0 Å². The third-order valence-electron chi connectivity index (χ3n) is 3.49. The van der Waals surface area contributed by atoms with Crippen LogP contribution in [0.3, 0.4) is 0 Å². The molecule has 5 heteroatoms. The Morgan fingerprint density at radius 3 is 2.88 bits per heavy atom. The summed E-state index contributed by atoms with van der Waals surface area (Å²) >= 11 is 0. The van der Waals surface area contributed by atoms with Crippen molar-refractivity contribution < 1.29 is 14.1 Å². The van der Waals surface area contributed by atoms with Crippen molar-refractivity contribution in [2.45, 2.75) is 32.1 Å². The second-order valence-corrected chi connectivity index (χ2v) is 4.60. The fourth-order valence-corrected chi connectivity index (χ4v) is 2.60. The van der Waals surface area contributed by atoms with Crippen molar-refractivity contribution in [1.82, 2.24) is 10.1 Å². The highest BCUT2D eigenvalue weighted by Crippen LogP contribution is 2.57. The van der Waals surface area contributed by atoms with Gasteiger partial charge >= 0.3 is 5.97 Å². The summed E-state index contributed by atoms with van der Waals surface area (Å²) in [7, 11) is 0. The summed E-state index contributed by atoms with van der Waals surface area (Å²) < 4.78 is 9.93. The molecule has 3 rings (SSSR count). The molecule has 2 atom stereocenters. The zero-order chi connectivity index (χ0) is 11.1. The first-order valence-corrected chi connectivity index (χ1v) is 5.78. The Bertz CT molecular complexity index is 405. The third-order valence-corrected chi connectivity index (χ3v) is 3.49. The molecule has 1 aromatic heterocycles. The van der Waals surface area contributed by atoms with Crippen molar-refractivity contribution in [1.29, 1.82) is 0 Å². The topological polar surface area (TPSA) is 65.2 Å². The molecule has 2 aliphatic carbocycles. The number of carbonyl (C=O) groups excluding carboxylic acids is 1. The number of rotatable bonds is 3. The van der Waals surface area contributed by atoms with E-state index in [1.54, 1.807) is 6.92 Å². The number of esters is 1. The highest BCUT2D eigenvalue weighted by atomic mass is 16.5. The second kappa shape index (κ2) is 3.57. The molecular formula is C11H14N2O3. The lowest BCUT2D eigenvalue weighted by Crippen LogP contribution is -2.07. The van der Waals surface area contributed by atoms with Gasteiger partial charge in [-0.15, -0.1) is 0 Å². The standard InChI is InChI=1S/C11H14N2O3/c1-2-15-11(14)9-12-10(16-13-9)8-4-6-3-7(6)5-8/h6-8H,2-5H2,1H3. The minimum absolute atomic E-state index is 0.0532. The number of fused-ring (bicyclic) bond motifs is 1. The van der Waals surface area contributed by atoms with E-state index in [4.69, 9.17) is 9.26 Å². The van der Waals surface area contributed by atoms with Crippen LogP contribution in [-0.4, -0.2) is 22.7 Å². The van der Waals surface area contributed by atoms with Crippen molar-refractivity contribution in [2.75, 3.05) is 6.61 Å². The lowest BCUT2D eigenvalue weighted by Gasteiger charge is -2.03. The van der Waals surface area contributed by atoms with Gasteiger partial charge in [0.2, 0.25) is 5.89 Å². The molecule has 1 heterocycles. The quantitative estimate of drug-likeness (QED) is 0.729. The van der Waals surface area contributed by atoms with E-state index >= 15 is 0 Å². The van der Waals surface area contributed by atoms with Gasteiger partial charge in [0, 0.05) is 5.92 Å². The maximum absolute atomic E-state index is 11.3. The molecule has 86 valence electrons. The van der Waals surface area contributed by atoms with E-state index in [0.29, 0.717) is 18.4 Å². The van der Waals surface area contributed by atoms with Gasteiger partial charge in [-0.1, -0.05) is 0 Å². The predicted octanol–water partition coefficient (Wildman–Crippen LogP) is 1.76. The number of hydrogen-bond acceptors (Lipinski definition) is 5. The van der Waals surface area contributed by atoms with E-state index in [1.807, 2.05) is 0 Å². The largest absolute Gasteiger partial charge is 0.460 e. The van der Waals surface area contributed by atoms with E-state index in [0.717, 1.165) is 24.7 Å². The predicted molar refractivity (Wildman–Crippen MR) is 53.8 cm³/mol. The maximum Gasteiger partial charge on any atom is 0.379 e. The molecule has 0 amide bonds. The Morgan fingerprint density at radius 2 is 2.19 bits per heavy atom. The Hall–Kier alpha value is -1.39. The normalized spacial score (nSPS) is 31.2. The minimum atomic E-state index is -0.499. The van der Waals surface area contributed by atoms with Crippen LogP contribution in [0.4, 0.5) is 0 Å². The van der Waals surface area contributed by atoms with Crippen LogP contribution in [-0.2, 0) is 4.74 Å². The van der Waals surface area contributed by atoms with Gasteiger partial charge in [-0.25, -0.2) is 4.79 Å². The van der Waals surface area contributed by atoms with E-state index in [1.165, 1.54) is 6.42 Å². The van der Waals surface area contributed by atoms with Gasteiger partial charge in [-0.3, -0.25) is 0 Å². The van der Waals surface area contributed by atoms with Crippen LogP contribution in [0.15, 0.2) is 4.52 Å². The molecule has 2 fully saturated rings. The fourth-order valence-electron chi connectivity index (χ4n) is 2.60. The van der Waals surface area contributed by atoms with Crippen molar-refractivity contribution in [3.63, 3.8) is 0 Å². The average Bonchev–Trinajstić information content (AvgIpc) is 2.74. The van der Waals surface area contributed by atoms with Gasteiger partial charge < -0.3 is 9.26 Å². The molecule has 0 saturated heterocycles. The highest BCUT2D eigenvalue weighted by molar-refractivity contribution is 5.84. The number of ether oxygens (including phenoxy) is 1. The highest BCUT2D eigenvalue weighted by Gasteiger charge is 2.48. The Kier molecular flexibility index (Phi) is 2.19. The van der Waals surface area contributed by atoms with Crippen LogP contribution < -0.4 is 0 Å². The van der Waals surface area contributed by atoms with Crippen molar-refractivity contribution >= 4 is 5.97 Å². The Labute approximate surface area is 93.2 Å². The number of aromatic nitrogens is 2. The van der Waals surface area contributed by atoms with Crippen LogP contribution in [0.2, 0.25) is 0 Å². The monoisotopic (exact) mass is 222 g/mol. The summed E-state index contributed by atoms with van der Waals surface area (Å²) in [5, 5.41) is 3.66. The van der Waals surface area contributed by atoms with Gasteiger partial charge in [-0.2, -0.15) is 4.98 Å². The lowest BCUT2D eigenvalue weighted by atomic mass is 10.0. The number of carbonyl (C=O) groups is 1. The molecule has 5 nitrogen and oxygen atoms in total. The third kappa shape index (κ3) is 1.60. The summed E-state index contributed by atoms with van der Waals surface area (Å²) in [6.07, 6.45) is 3.62. The molecule has 2 aliphatic rings. The first-order valence-electron chi connectivity index (χ1n) is 5.78. The van der Waals surface area contributed by atoms with Crippen LogP contribution >= 0.6 is 0 Å². The van der Waals surface area contributed by atoms with Gasteiger partial charge in [0.1, 0.15) is 0 Å². The molecule has 0 spiro atoms. The minimum Gasteiger partial charge on any atom is -0.460 e. The molecule has 2 saturated carbocycles. The Morgan fingerprint density at radius 1 is 1.44 bits per heavy atom. The smallest absolute Gasteiger partial charge is 0.379 e. The Balaban J connectivity index is 1.70. The molecule has 1 aromatic rings. The van der Waals surface area contributed by atoms with Gasteiger partial charge in [-0.05, 0) is 43.2 Å². The van der Waals surface area contributed by atoms with Gasteiger partial charge in [0.05, 0.1) is 6.61 Å². The van der Waals surface area contributed by atoms with Crippen LogP contribution in [0, 0.1) is 11.8 Å². The lowest BCUT2D eigenvalue weighted by molar-refractivity contribution is 0.0508. The fraction of sp³-hybridized carbons (Fsp3) is 0.727. The van der Waals surface area contributed by atoms with Crippen molar-refractivity contribution in [2.24, 2.45) is 11.8 Å². The molecule has 2 unspecified atom stereocenters. The van der Waals surface area contributed by atoms with Crippen LogP contribution in [0.1, 0.15) is 48.6 Å². The first-order chi connectivity index (χ1) is 7.78. The van der Waals surface area contributed by atoms with E-state index in [9.17, 15) is 4.79 Å². The zero-order valence-electron chi connectivity index (χ0n) is 9.18. The van der Waals surface area contributed by atoms with E-state index < -0.39 is 5.97 Å². The zero-order valence-corrected chi connectivity index (χ0v) is 9.18. The summed E-state index contributed by atoms with van der Waals surface area (Å²) in [6.45, 7) is 2.08. The van der Waals surface area contributed by atoms with Gasteiger partial charge in [0.25, 0.3) is 5.82 Å². The average molecular weight is 222 g/mol. The van der Waals surface area contributed by atoms with E-state index in [2.05, 4.69) is 10.1 Å². The molecular weight excluding hydrogens is 208 g/mol. The first kappa shape index (κ1) is 9.81. The van der Waals surface area contributed by atoms with Crippen molar-refractivity contribution in [3.8, 4) is 0 Å². The van der Waals surface area contributed by atoms with Crippen molar-refractivity contribution in [3.05, 3.63) is 11.7 Å². The summed E-state index contributed by atoms with van der Waals surface area (Å²) in [4.78, 5) is 15.5. The number of hydrogen-bond donors (Lipinski definition) is 0. The molecule has 0 radical (unpaired) electrons. The SMILES string of the molecule is CCOC(=O)c1noc(C2CC3CC3C2)n1.